The van der Waals surface area contributed by atoms with E-state index in [0.29, 0.717) is 18.7 Å². The summed E-state index contributed by atoms with van der Waals surface area (Å²) in [7, 11) is 0. The number of rotatable bonds is 7. The Morgan fingerprint density at radius 1 is 1.19 bits per heavy atom. The summed E-state index contributed by atoms with van der Waals surface area (Å²) >= 11 is 0. The summed E-state index contributed by atoms with van der Waals surface area (Å²) in [5.41, 5.74) is 2.46. The van der Waals surface area contributed by atoms with E-state index in [9.17, 15) is 0 Å². The first kappa shape index (κ1) is 15.6. The number of hydrogen-bond donors (Lipinski definition) is 1. The van der Waals surface area contributed by atoms with Gasteiger partial charge in [0.2, 0.25) is 0 Å². The van der Waals surface area contributed by atoms with Gasteiger partial charge in [-0.3, -0.25) is 4.68 Å². The molecule has 114 valence electrons. The van der Waals surface area contributed by atoms with E-state index in [2.05, 4.69) is 62.4 Å². The van der Waals surface area contributed by atoms with Crippen molar-refractivity contribution in [2.45, 2.75) is 52.9 Å². The van der Waals surface area contributed by atoms with Gasteiger partial charge in [0.1, 0.15) is 6.61 Å². The van der Waals surface area contributed by atoms with Gasteiger partial charge in [0.15, 0.2) is 5.75 Å². The van der Waals surface area contributed by atoms with Gasteiger partial charge in [-0.25, -0.2) is 0 Å². The molecule has 0 atom stereocenters. The number of aromatic nitrogens is 2. The average Bonchev–Trinajstić information content (AvgIpc) is 2.92. The second-order valence-electron chi connectivity index (χ2n) is 5.89. The number of ether oxygens (including phenoxy) is 1. The lowest BCUT2D eigenvalue weighted by Gasteiger charge is -2.10. The van der Waals surface area contributed by atoms with E-state index in [1.54, 1.807) is 6.20 Å². The lowest BCUT2D eigenvalue weighted by atomic mass is 10.1. The van der Waals surface area contributed by atoms with Crippen molar-refractivity contribution < 1.29 is 4.74 Å². The summed E-state index contributed by atoms with van der Waals surface area (Å²) in [5.74, 6) is 0.814. The van der Waals surface area contributed by atoms with Crippen LogP contribution >= 0.6 is 0 Å². The van der Waals surface area contributed by atoms with Gasteiger partial charge >= 0.3 is 0 Å². The first-order valence-electron chi connectivity index (χ1n) is 7.52. The molecule has 0 saturated heterocycles. The summed E-state index contributed by atoms with van der Waals surface area (Å²) in [6.07, 6.45) is 3.71. The minimum atomic E-state index is 0.354. The Morgan fingerprint density at radius 3 is 2.62 bits per heavy atom. The van der Waals surface area contributed by atoms with Gasteiger partial charge in [0, 0.05) is 18.6 Å². The van der Waals surface area contributed by atoms with E-state index in [-0.39, 0.29) is 0 Å². The fourth-order valence-electron chi connectivity index (χ4n) is 2.00. The molecule has 4 heteroatoms. The van der Waals surface area contributed by atoms with Crippen LogP contribution in [0.3, 0.4) is 0 Å². The lowest BCUT2D eigenvalue weighted by Crippen LogP contribution is -2.21. The molecule has 0 aliphatic carbocycles. The molecule has 2 rings (SSSR count). The van der Waals surface area contributed by atoms with Gasteiger partial charge in [-0.05, 0) is 25.0 Å². The zero-order chi connectivity index (χ0) is 15.2. The zero-order valence-electron chi connectivity index (χ0n) is 13.3. The van der Waals surface area contributed by atoms with Crippen LogP contribution in [0.2, 0.25) is 0 Å². The third-order valence-electron chi connectivity index (χ3n) is 3.22. The molecule has 0 bridgehead atoms. The van der Waals surface area contributed by atoms with Crippen LogP contribution in [-0.4, -0.2) is 15.8 Å². The van der Waals surface area contributed by atoms with Gasteiger partial charge in [-0.15, -0.1) is 0 Å². The van der Waals surface area contributed by atoms with Crippen LogP contribution in [-0.2, 0) is 13.2 Å². The molecular weight excluding hydrogens is 262 g/mol. The van der Waals surface area contributed by atoms with Gasteiger partial charge in [0.05, 0.1) is 12.4 Å². The van der Waals surface area contributed by atoms with Crippen LogP contribution in [0.1, 0.15) is 44.9 Å². The number of nitrogens with zero attached hydrogens (tertiary/aromatic N) is 2. The van der Waals surface area contributed by atoms with E-state index in [1.807, 2.05) is 10.9 Å². The molecule has 0 amide bonds. The second-order valence-corrected chi connectivity index (χ2v) is 5.89. The first-order chi connectivity index (χ1) is 10.0. The highest BCUT2D eigenvalue weighted by molar-refractivity contribution is 5.24. The van der Waals surface area contributed by atoms with Gasteiger partial charge in [-0.1, -0.05) is 38.1 Å². The Hall–Kier alpha value is -1.81. The van der Waals surface area contributed by atoms with E-state index in [4.69, 9.17) is 4.74 Å². The van der Waals surface area contributed by atoms with E-state index >= 15 is 0 Å². The lowest BCUT2D eigenvalue weighted by molar-refractivity contribution is 0.305. The highest BCUT2D eigenvalue weighted by atomic mass is 16.5. The van der Waals surface area contributed by atoms with E-state index in [0.717, 1.165) is 12.3 Å². The molecule has 1 aromatic heterocycles. The highest BCUT2D eigenvalue weighted by Crippen LogP contribution is 2.15. The fourth-order valence-corrected chi connectivity index (χ4v) is 2.00. The normalized spacial score (nSPS) is 11.3. The topological polar surface area (TPSA) is 39.1 Å². The van der Waals surface area contributed by atoms with Gasteiger partial charge in [0.25, 0.3) is 0 Å². The maximum Gasteiger partial charge on any atom is 0.157 e. The van der Waals surface area contributed by atoms with Crippen LogP contribution in [0.15, 0.2) is 36.7 Å². The summed E-state index contributed by atoms with van der Waals surface area (Å²) < 4.78 is 7.70. The average molecular weight is 287 g/mol. The smallest absolute Gasteiger partial charge is 0.157 e. The van der Waals surface area contributed by atoms with Crippen LogP contribution < -0.4 is 10.1 Å². The Morgan fingerprint density at radius 2 is 1.95 bits per heavy atom. The standard InChI is InChI=1S/C17H25N3O/c1-13(2)18-9-15-6-5-7-16(8-15)12-21-17-10-19-20(11-17)14(3)4/h5-8,10-11,13-14,18H,9,12H2,1-4H3. The maximum atomic E-state index is 5.80. The summed E-state index contributed by atoms with van der Waals surface area (Å²) in [5, 5.41) is 7.70. The summed E-state index contributed by atoms with van der Waals surface area (Å²) in [4.78, 5) is 0. The van der Waals surface area contributed by atoms with Crippen LogP contribution in [0, 0.1) is 0 Å². The molecule has 4 nitrogen and oxygen atoms in total. The van der Waals surface area contributed by atoms with E-state index < -0.39 is 0 Å². The molecular formula is C17H25N3O. The molecule has 0 radical (unpaired) electrons. The second kappa shape index (κ2) is 7.27. The SMILES string of the molecule is CC(C)NCc1cccc(COc2cnn(C(C)C)c2)c1. The predicted octanol–water partition coefficient (Wildman–Crippen LogP) is 3.54. The minimum Gasteiger partial charge on any atom is -0.486 e. The van der Waals surface area contributed by atoms with Crippen LogP contribution in [0.25, 0.3) is 0 Å². The van der Waals surface area contributed by atoms with Crippen LogP contribution in [0.4, 0.5) is 0 Å². The van der Waals surface area contributed by atoms with Crippen molar-refractivity contribution in [3.8, 4) is 5.75 Å². The highest BCUT2D eigenvalue weighted by Gasteiger charge is 2.03. The Labute approximate surface area is 127 Å². The first-order valence-corrected chi connectivity index (χ1v) is 7.52. The van der Waals surface area contributed by atoms with E-state index in [1.165, 1.54) is 11.1 Å². The molecule has 0 aliphatic heterocycles. The van der Waals surface area contributed by atoms with Gasteiger partial charge in [-0.2, -0.15) is 5.10 Å². The maximum absolute atomic E-state index is 5.80. The molecule has 1 aromatic carbocycles. The summed E-state index contributed by atoms with van der Waals surface area (Å²) in [6, 6.07) is 9.33. The molecule has 0 spiro atoms. The minimum absolute atomic E-state index is 0.354. The molecule has 21 heavy (non-hydrogen) atoms. The Balaban J connectivity index is 1.91. The molecule has 0 unspecified atom stereocenters. The number of benzene rings is 1. The Bertz CT molecular complexity index is 561. The zero-order valence-corrected chi connectivity index (χ0v) is 13.3. The number of nitrogens with one attached hydrogen (secondary N) is 1. The molecule has 0 fully saturated rings. The largest absolute Gasteiger partial charge is 0.486 e. The molecule has 0 aliphatic rings. The van der Waals surface area contributed by atoms with Gasteiger partial charge < -0.3 is 10.1 Å². The van der Waals surface area contributed by atoms with Crippen molar-refractivity contribution in [3.05, 3.63) is 47.8 Å². The summed E-state index contributed by atoms with van der Waals surface area (Å²) in [6.45, 7) is 9.96. The predicted molar refractivity (Wildman–Crippen MR) is 85.4 cm³/mol. The van der Waals surface area contributed by atoms with Crippen molar-refractivity contribution in [2.24, 2.45) is 0 Å². The molecule has 1 N–H and O–H groups in total. The number of hydrogen-bond acceptors (Lipinski definition) is 3. The van der Waals surface area contributed by atoms with Crippen molar-refractivity contribution in [2.75, 3.05) is 0 Å². The Kier molecular flexibility index (Phi) is 5.39. The molecule has 0 saturated carbocycles. The van der Waals surface area contributed by atoms with Crippen molar-refractivity contribution in [1.82, 2.24) is 15.1 Å². The third-order valence-corrected chi connectivity index (χ3v) is 3.22. The molecule has 2 aromatic rings. The third kappa shape index (κ3) is 4.90. The van der Waals surface area contributed by atoms with Crippen molar-refractivity contribution in [3.63, 3.8) is 0 Å². The quantitative estimate of drug-likeness (QED) is 0.846. The van der Waals surface area contributed by atoms with Crippen molar-refractivity contribution >= 4 is 0 Å². The van der Waals surface area contributed by atoms with Crippen LogP contribution in [0.5, 0.6) is 5.75 Å². The molecule has 1 heterocycles. The van der Waals surface area contributed by atoms with Crippen molar-refractivity contribution in [1.29, 1.82) is 0 Å². The monoisotopic (exact) mass is 287 g/mol. The fraction of sp³-hybridized carbons (Fsp3) is 0.471.